The van der Waals surface area contributed by atoms with E-state index in [-0.39, 0.29) is 29.4 Å². The minimum atomic E-state index is -0.777. The van der Waals surface area contributed by atoms with Crippen molar-refractivity contribution in [2.45, 2.75) is 71.6 Å². The van der Waals surface area contributed by atoms with E-state index in [1.165, 1.54) is 0 Å². The molecule has 0 bridgehead atoms. The topological polar surface area (TPSA) is 58.6 Å². The summed E-state index contributed by atoms with van der Waals surface area (Å²) in [4.78, 5) is 26.7. The lowest BCUT2D eigenvalue weighted by Crippen LogP contribution is -2.66. The van der Waals surface area contributed by atoms with Crippen molar-refractivity contribution in [1.82, 2.24) is 10.2 Å². The van der Waals surface area contributed by atoms with Crippen LogP contribution < -0.4 is 5.32 Å². The Balaban J connectivity index is 2.19. The molecule has 0 radical (unpaired) electrons. The highest BCUT2D eigenvalue weighted by molar-refractivity contribution is 5.93. The predicted octanol–water partition coefficient (Wildman–Crippen LogP) is 1.71. The summed E-state index contributed by atoms with van der Waals surface area (Å²) in [6.07, 6.45) is 2.05. The summed E-state index contributed by atoms with van der Waals surface area (Å²) in [5.74, 6) is 0.0116. The Morgan fingerprint density at radius 2 is 1.95 bits per heavy atom. The van der Waals surface area contributed by atoms with Gasteiger partial charge in [-0.05, 0) is 26.7 Å². The SMILES string of the molecule is CCOC1CC(N2CCC(=O)NC(C)(CC)C2=O)C1(C)C. The first-order valence-electron chi connectivity index (χ1n) is 8.00. The van der Waals surface area contributed by atoms with Gasteiger partial charge in [0.15, 0.2) is 0 Å². The number of nitrogens with zero attached hydrogens (tertiary/aromatic N) is 1. The Morgan fingerprint density at radius 1 is 1.29 bits per heavy atom. The van der Waals surface area contributed by atoms with Crippen LogP contribution in [0.1, 0.15) is 53.9 Å². The third-order valence-corrected chi connectivity index (χ3v) is 5.31. The molecule has 1 N–H and O–H groups in total. The van der Waals surface area contributed by atoms with Crippen molar-refractivity contribution < 1.29 is 14.3 Å². The van der Waals surface area contributed by atoms with E-state index in [1.54, 1.807) is 0 Å². The van der Waals surface area contributed by atoms with E-state index in [4.69, 9.17) is 4.74 Å². The summed E-state index contributed by atoms with van der Waals surface area (Å²) in [6, 6.07) is 0.153. The molecule has 5 nitrogen and oxygen atoms in total. The molecular formula is C16H28N2O3. The second-order valence-electron chi connectivity index (χ2n) is 7.00. The van der Waals surface area contributed by atoms with Crippen molar-refractivity contribution in [1.29, 1.82) is 0 Å². The zero-order valence-electron chi connectivity index (χ0n) is 13.9. The number of amides is 2. The molecule has 1 saturated carbocycles. The molecule has 1 saturated heterocycles. The van der Waals surface area contributed by atoms with Crippen molar-refractivity contribution in [3.05, 3.63) is 0 Å². The van der Waals surface area contributed by atoms with Gasteiger partial charge >= 0.3 is 0 Å². The van der Waals surface area contributed by atoms with Gasteiger partial charge < -0.3 is 15.0 Å². The highest BCUT2D eigenvalue weighted by Crippen LogP contribution is 2.46. The van der Waals surface area contributed by atoms with E-state index in [1.807, 2.05) is 25.7 Å². The fraction of sp³-hybridized carbons (Fsp3) is 0.875. The van der Waals surface area contributed by atoms with Crippen molar-refractivity contribution in [3.63, 3.8) is 0 Å². The summed E-state index contributed by atoms with van der Waals surface area (Å²) in [5.41, 5.74) is -0.839. The molecule has 3 unspecified atom stereocenters. The van der Waals surface area contributed by atoms with E-state index in [2.05, 4.69) is 19.2 Å². The fourth-order valence-corrected chi connectivity index (χ4v) is 3.48. The summed E-state index contributed by atoms with van der Waals surface area (Å²) in [6.45, 7) is 11.3. The maximum absolute atomic E-state index is 12.9. The molecular weight excluding hydrogens is 268 g/mol. The third-order valence-electron chi connectivity index (χ3n) is 5.31. The number of hydrogen-bond donors (Lipinski definition) is 1. The highest BCUT2D eigenvalue weighted by atomic mass is 16.5. The molecule has 21 heavy (non-hydrogen) atoms. The van der Waals surface area contributed by atoms with Crippen LogP contribution in [0.4, 0.5) is 0 Å². The smallest absolute Gasteiger partial charge is 0.248 e. The molecule has 1 aliphatic heterocycles. The minimum absolute atomic E-state index is 0.0336. The van der Waals surface area contributed by atoms with Gasteiger partial charge in [-0.1, -0.05) is 20.8 Å². The number of hydrogen-bond acceptors (Lipinski definition) is 3. The molecule has 2 rings (SSSR count). The Bertz CT molecular complexity index is 435. The van der Waals surface area contributed by atoms with Crippen molar-refractivity contribution in [3.8, 4) is 0 Å². The molecule has 1 aliphatic carbocycles. The van der Waals surface area contributed by atoms with Crippen LogP contribution in [0.25, 0.3) is 0 Å². The van der Waals surface area contributed by atoms with E-state index < -0.39 is 5.54 Å². The van der Waals surface area contributed by atoms with Gasteiger partial charge in [0.05, 0.1) is 6.10 Å². The molecule has 5 heteroatoms. The van der Waals surface area contributed by atoms with Gasteiger partial charge in [-0.25, -0.2) is 0 Å². The lowest BCUT2D eigenvalue weighted by Gasteiger charge is -2.56. The van der Waals surface area contributed by atoms with Crippen LogP contribution in [0.2, 0.25) is 0 Å². The first-order chi connectivity index (χ1) is 9.76. The maximum atomic E-state index is 12.9. The van der Waals surface area contributed by atoms with E-state index in [0.29, 0.717) is 26.0 Å². The number of ether oxygens (including phenoxy) is 1. The quantitative estimate of drug-likeness (QED) is 0.859. The second-order valence-corrected chi connectivity index (χ2v) is 7.00. The Labute approximate surface area is 127 Å². The van der Waals surface area contributed by atoms with Gasteiger partial charge in [-0.3, -0.25) is 9.59 Å². The number of nitrogens with one attached hydrogen (secondary N) is 1. The van der Waals surface area contributed by atoms with Crippen LogP contribution in [0.3, 0.4) is 0 Å². The van der Waals surface area contributed by atoms with Gasteiger partial charge in [-0.2, -0.15) is 0 Å². The highest BCUT2D eigenvalue weighted by Gasteiger charge is 2.55. The minimum Gasteiger partial charge on any atom is -0.378 e. The monoisotopic (exact) mass is 296 g/mol. The Hall–Kier alpha value is -1.10. The zero-order valence-corrected chi connectivity index (χ0v) is 13.9. The largest absolute Gasteiger partial charge is 0.378 e. The fourth-order valence-electron chi connectivity index (χ4n) is 3.48. The van der Waals surface area contributed by atoms with Gasteiger partial charge in [0.25, 0.3) is 0 Å². The standard InChI is InChI=1S/C16H28N2O3/c1-6-16(5)14(20)18(9-8-13(19)17-16)11-10-12(21-7-2)15(11,3)4/h11-12H,6-10H2,1-5H3,(H,17,19). The lowest BCUT2D eigenvalue weighted by molar-refractivity contribution is -0.170. The maximum Gasteiger partial charge on any atom is 0.248 e. The van der Waals surface area contributed by atoms with Crippen molar-refractivity contribution in [2.24, 2.45) is 5.41 Å². The van der Waals surface area contributed by atoms with E-state index in [9.17, 15) is 9.59 Å². The molecule has 2 fully saturated rings. The number of carbonyl (C=O) groups is 2. The second kappa shape index (κ2) is 5.59. The molecule has 1 heterocycles. The predicted molar refractivity (Wildman–Crippen MR) is 80.8 cm³/mol. The van der Waals surface area contributed by atoms with Gasteiger partial charge in [-0.15, -0.1) is 0 Å². The molecule has 0 aromatic heterocycles. The first kappa shape index (κ1) is 16.3. The van der Waals surface area contributed by atoms with Crippen molar-refractivity contribution in [2.75, 3.05) is 13.2 Å². The summed E-state index contributed by atoms with van der Waals surface area (Å²) < 4.78 is 5.76. The van der Waals surface area contributed by atoms with Crippen LogP contribution in [0.5, 0.6) is 0 Å². The Morgan fingerprint density at radius 3 is 2.48 bits per heavy atom. The summed E-state index contributed by atoms with van der Waals surface area (Å²) >= 11 is 0. The zero-order chi connectivity index (χ0) is 15.8. The van der Waals surface area contributed by atoms with E-state index >= 15 is 0 Å². The van der Waals surface area contributed by atoms with Gasteiger partial charge in [0.2, 0.25) is 11.8 Å². The van der Waals surface area contributed by atoms with Crippen LogP contribution in [0.15, 0.2) is 0 Å². The molecule has 3 atom stereocenters. The molecule has 0 spiro atoms. The number of carbonyl (C=O) groups excluding carboxylic acids is 2. The summed E-state index contributed by atoms with van der Waals surface area (Å²) in [7, 11) is 0. The van der Waals surface area contributed by atoms with Gasteiger partial charge in [0.1, 0.15) is 5.54 Å². The molecule has 120 valence electrons. The molecule has 2 aliphatic rings. The first-order valence-corrected chi connectivity index (χ1v) is 8.00. The van der Waals surface area contributed by atoms with Crippen molar-refractivity contribution >= 4 is 11.8 Å². The van der Waals surface area contributed by atoms with Crippen LogP contribution >= 0.6 is 0 Å². The average Bonchev–Trinajstić information content (AvgIpc) is 2.54. The van der Waals surface area contributed by atoms with Crippen LogP contribution in [-0.4, -0.2) is 47.6 Å². The normalized spacial score (nSPS) is 36.0. The lowest BCUT2D eigenvalue weighted by atomic mass is 9.63. The van der Waals surface area contributed by atoms with Gasteiger partial charge in [0, 0.05) is 31.0 Å². The van der Waals surface area contributed by atoms with Crippen LogP contribution in [-0.2, 0) is 14.3 Å². The Kier molecular flexibility index (Phi) is 4.34. The molecule has 0 aromatic rings. The molecule has 2 amide bonds. The summed E-state index contributed by atoms with van der Waals surface area (Å²) in [5, 5.41) is 2.89. The van der Waals surface area contributed by atoms with Crippen LogP contribution in [0, 0.1) is 5.41 Å². The third kappa shape index (κ3) is 2.68. The number of rotatable bonds is 4. The average molecular weight is 296 g/mol. The van der Waals surface area contributed by atoms with E-state index in [0.717, 1.165) is 6.42 Å². The molecule has 0 aromatic carbocycles.